The Bertz CT molecular complexity index is 2850. The van der Waals surface area contributed by atoms with E-state index in [0.717, 1.165) is 79.4 Å². The summed E-state index contributed by atoms with van der Waals surface area (Å²) in [5.41, 5.74) is 15.0. The minimum atomic E-state index is 0.745. The van der Waals surface area contributed by atoms with Crippen molar-refractivity contribution in [2.24, 2.45) is 0 Å². The maximum atomic E-state index is 6.84. The summed E-state index contributed by atoms with van der Waals surface area (Å²) in [4.78, 5) is 4.60. The smallest absolute Gasteiger partial charge is 0.156 e. The molecule has 9 aromatic carbocycles. The van der Waals surface area contributed by atoms with Gasteiger partial charge in [0.05, 0.1) is 11.4 Å². The predicted octanol–water partition coefficient (Wildman–Crippen LogP) is 15.5. The number of anilines is 6. The molecule has 0 saturated heterocycles. The molecule has 274 valence electrons. The minimum absolute atomic E-state index is 0.745. The molecule has 0 amide bonds. The zero-order valence-corrected chi connectivity index (χ0v) is 31.5. The van der Waals surface area contributed by atoms with Crippen LogP contribution in [0.25, 0.3) is 44.5 Å². The first kappa shape index (κ1) is 33.5. The molecule has 0 aliphatic carbocycles. The summed E-state index contributed by atoms with van der Waals surface area (Å²) >= 11 is 0. The van der Waals surface area contributed by atoms with Crippen molar-refractivity contribution in [1.29, 1.82) is 0 Å². The molecule has 58 heavy (non-hydrogen) atoms. The van der Waals surface area contributed by atoms with Crippen molar-refractivity contribution < 1.29 is 9.47 Å². The van der Waals surface area contributed by atoms with Crippen molar-refractivity contribution in [3.63, 3.8) is 0 Å². The lowest BCUT2D eigenvalue weighted by Crippen LogP contribution is -2.20. The topological polar surface area (TPSA) is 24.9 Å². The van der Waals surface area contributed by atoms with Crippen molar-refractivity contribution in [3.05, 3.63) is 218 Å². The summed E-state index contributed by atoms with van der Waals surface area (Å²) < 4.78 is 13.5. The Balaban J connectivity index is 1.02. The molecule has 0 spiro atoms. The minimum Gasteiger partial charge on any atom is -0.453 e. The van der Waals surface area contributed by atoms with E-state index in [9.17, 15) is 0 Å². The highest BCUT2D eigenvalue weighted by atomic mass is 16.5. The van der Waals surface area contributed by atoms with Crippen LogP contribution in [0.2, 0.25) is 0 Å². The van der Waals surface area contributed by atoms with Gasteiger partial charge in [-0.15, -0.1) is 0 Å². The summed E-state index contributed by atoms with van der Waals surface area (Å²) in [5, 5.41) is 0. The number of ether oxygens (including phenoxy) is 2. The van der Waals surface area contributed by atoms with Crippen LogP contribution in [0.15, 0.2) is 218 Å². The van der Waals surface area contributed by atoms with Gasteiger partial charge in [0.15, 0.2) is 23.0 Å². The molecule has 0 atom stereocenters. The van der Waals surface area contributed by atoms with E-state index < -0.39 is 0 Å². The second-order valence-corrected chi connectivity index (χ2v) is 14.6. The van der Waals surface area contributed by atoms with Gasteiger partial charge in [0.1, 0.15) is 5.69 Å². The lowest BCUT2D eigenvalue weighted by Gasteiger charge is -2.38. The largest absolute Gasteiger partial charge is 0.453 e. The zero-order valence-electron chi connectivity index (χ0n) is 31.5. The van der Waals surface area contributed by atoms with E-state index in [-0.39, 0.29) is 0 Å². The summed E-state index contributed by atoms with van der Waals surface area (Å²) in [5.74, 6) is 3.09. The van der Waals surface area contributed by atoms with Gasteiger partial charge in [0.2, 0.25) is 0 Å². The van der Waals surface area contributed by atoms with Crippen molar-refractivity contribution in [2.75, 3.05) is 9.80 Å². The highest BCUT2D eigenvalue weighted by molar-refractivity contribution is 5.96. The van der Waals surface area contributed by atoms with Gasteiger partial charge in [-0.05, 0) is 117 Å². The van der Waals surface area contributed by atoms with Crippen molar-refractivity contribution >= 4 is 34.1 Å². The Morgan fingerprint density at radius 1 is 0.276 bits per heavy atom. The van der Waals surface area contributed by atoms with Crippen LogP contribution in [-0.4, -0.2) is 0 Å². The highest BCUT2D eigenvalue weighted by Gasteiger charge is 2.35. The maximum Gasteiger partial charge on any atom is 0.156 e. The van der Waals surface area contributed by atoms with Gasteiger partial charge in [-0.3, -0.25) is 4.90 Å². The van der Waals surface area contributed by atoms with Crippen LogP contribution in [0.4, 0.5) is 34.1 Å². The van der Waals surface area contributed by atoms with Crippen LogP contribution in [0, 0.1) is 0 Å². The molecule has 0 saturated carbocycles. The summed E-state index contributed by atoms with van der Waals surface area (Å²) in [6, 6.07) is 76.8. The fraction of sp³-hybridized carbons (Fsp3) is 0. The molecule has 2 aliphatic rings. The van der Waals surface area contributed by atoms with E-state index in [2.05, 4.69) is 210 Å². The first-order valence-corrected chi connectivity index (χ1v) is 19.6. The van der Waals surface area contributed by atoms with E-state index in [1.54, 1.807) is 0 Å². The van der Waals surface area contributed by atoms with Crippen LogP contribution in [0.3, 0.4) is 0 Å². The Labute approximate surface area is 338 Å². The van der Waals surface area contributed by atoms with Crippen LogP contribution < -0.4 is 19.3 Å². The van der Waals surface area contributed by atoms with E-state index in [0.29, 0.717) is 0 Å². The first-order chi connectivity index (χ1) is 28.7. The van der Waals surface area contributed by atoms with Gasteiger partial charge in [-0.2, -0.15) is 0 Å². The molecule has 0 unspecified atom stereocenters. The molecule has 11 rings (SSSR count). The van der Waals surface area contributed by atoms with E-state index in [1.165, 1.54) is 22.3 Å². The number of hydrogen-bond acceptors (Lipinski definition) is 4. The molecule has 9 aromatic rings. The summed E-state index contributed by atoms with van der Waals surface area (Å²) in [6.45, 7) is 0. The molecule has 0 fully saturated rings. The summed E-state index contributed by atoms with van der Waals surface area (Å²) in [7, 11) is 0. The third-order valence-electron chi connectivity index (χ3n) is 11.0. The van der Waals surface area contributed by atoms with Crippen molar-refractivity contribution in [3.8, 4) is 67.5 Å². The van der Waals surface area contributed by atoms with Gasteiger partial charge in [0.25, 0.3) is 0 Å². The highest BCUT2D eigenvalue weighted by Crippen LogP contribution is 2.61. The lowest BCUT2D eigenvalue weighted by molar-refractivity contribution is 0.446. The van der Waals surface area contributed by atoms with Gasteiger partial charge in [0, 0.05) is 17.1 Å². The fourth-order valence-electron chi connectivity index (χ4n) is 8.19. The average molecular weight is 745 g/mol. The lowest BCUT2D eigenvalue weighted by atomic mass is 9.99. The Morgan fingerprint density at radius 3 is 1.31 bits per heavy atom. The number of para-hydroxylation sites is 2. The van der Waals surface area contributed by atoms with E-state index in [4.69, 9.17) is 9.47 Å². The average Bonchev–Trinajstić information content (AvgIpc) is 3.30. The predicted molar refractivity (Wildman–Crippen MR) is 238 cm³/mol. The monoisotopic (exact) mass is 744 g/mol. The van der Waals surface area contributed by atoms with Crippen LogP contribution in [0.5, 0.6) is 23.0 Å². The maximum absolute atomic E-state index is 6.84. The van der Waals surface area contributed by atoms with Crippen LogP contribution in [-0.2, 0) is 0 Å². The second-order valence-electron chi connectivity index (χ2n) is 14.6. The molecule has 4 heteroatoms. The first-order valence-electron chi connectivity index (χ1n) is 19.6. The third kappa shape index (κ3) is 5.96. The quantitative estimate of drug-likeness (QED) is 0.162. The molecular formula is C54H36N2O2. The number of nitrogens with zero attached hydrogens (tertiary/aromatic N) is 2. The molecule has 0 bridgehead atoms. The Kier molecular flexibility index (Phi) is 8.11. The van der Waals surface area contributed by atoms with Crippen LogP contribution >= 0.6 is 0 Å². The van der Waals surface area contributed by atoms with E-state index in [1.807, 2.05) is 18.2 Å². The van der Waals surface area contributed by atoms with Gasteiger partial charge < -0.3 is 14.4 Å². The van der Waals surface area contributed by atoms with Gasteiger partial charge in [-0.25, -0.2) is 0 Å². The molecule has 2 heterocycles. The Hall–Kier alpha value is -7.82. The van der Waals surface area contributed by atoms with Crippen molar-refractivity contribution in [1.82, 2.24) is 0 Å². The summed E-state index contributed by atoms with van der Waals surface area (Å²) in [6.07, 6.45) is 0. The van der Waals surface area contributed by atoms with Crippen molar-refractivity contribution in [2.45, 2.75) is 0 Å². The SMILES string of the molecule is c1ccc(-c2ccc(N(c3ccc(-c4ccccc4)cc3)c3cccc(-c4cc5c6c(c4)Oc4cc(-c7ccccc7)ccc4N6c4ccccc4O5)c3)cc2)cc1. The fourth-order valence-corrected chi connectivity index (χ4v) is 8.19. The number of fused-ring (bicyclic) bond motifs is 4. The molecular weight excluding hydrogens is 709 g/mol. The Morgan fingerprint density at radius 2 is 0.707 bits per heavy atom. The number of rotatable bonds is 7. The molecule has 0 aromatic heterocycles. The van der Waals surface area contributed by atoms with Gasteiger partial charge >= 0.3 is 0 Å². The van der Waals surface area contributed by atoms with Gasteiger partial charge in [-0.1, -0.05) is 146 Å². The molecule has 0 radical (unpaired) electrons. The second kappa shape index (κ2) is 14.0. The number of hydrogen-bond donors (Lipinski definition) is 0. The normalized spacial score (nSPS) is 12.0. The standard InChI is InChI=1S/C54H36N2O2/c1-4-13-37(14-5-1)40-23-28-45(29-24-40)55(46-30-25-41(26-31-46)38-15-6-2-7-16-38)47-20-12-19-42(33-47)44-35-52-54-53(36-44)58-51-34-43(39-17-8-3-9-18-39)27-32-49(51)56(54)48-21-10-11-22-50(48)57-52/h1-36H. The molecule has 0 N–H and O–H groups in total. The molecule has 2 aliphatic heterocycles. The zero-order chi connectivity index (χ0) is 38.4. The number of benzene rings is 9. The molecule has 4 nitrogen and oxygen atoms in total. The third-order valence-corrected chi connectivity index (χ3v) is 11.0. The van der Waals surface area contributed by atoms with Crippen LogP contribution in [0.1, 0.15) is 0 Å². The van der Waals surface area contributed by atoms with E-state index >= 15 is 0 Å².